The van der Waals surface area contributed by atoms with Crippen molar-refractivity contribution in [1.29, 1.82) is 0 Å². The number of imidazole rings is 1. The molecule has 2 aromatic carbocycles. The van der Waals surface area contributed by atoms with Gasteiger partial charge in [-0.15, -0.1) is 0 Å². The molecule has 37 heavy (non-hydrogen) atoms. The van der Waals surface area contributed by atoms with Crippen LogP contribution in [0.25, 0.3) is 0 Å². The Morgan fingerprint density at radius 3 is 2.68 bits per heavy atom. The number of ether oxygens (including phenoxy) is 4. The van der Waals surface area contributed by atoms with Crippen LogP contribution in [0.15, 0.2) is 48.8 Å². The Hall–Kier alpha value is -3.21. The van der Waals surface area contributed by atoms with E-state index in [2.05, 4.69) is 16.5 Å². The van der Waals surface area contributed by atoms with E-state index in [0.29, 0.717) is 44.3 Å². The van der Waals surface area contributed by atoms with Gasteiger partial charge in [-0.2, -0.15) is 0 Å². The minimum absolute atomic E-state index is 0.0143. The molecule has 200 valence electrons. The van der Waals surface area contributed by atoms with E-state index in [0.717, 1.165) is 36.0 Å². The van der Waals surface area contributed by atoms with Gasteiger partial charge in [0.15, 0.2) is 11.5 Å². The van der Waals surface area contributed by atoms with Crippen molar-refractivity contribution in [1.82, 2.24) is 14.5 Å². The van der Waals surface area contributed by atoms with E-state index in [1.807, 2.05) is 29.3 Å². The molecule has 1 fully saturated rings. The molecule has 1 N–H and O–H groups in total. The summed E-state index contributed by atoms with van der Waals surface area (Å²) in [6.45, 7) is 4.88. The molecule has 0 saturated carbocycles. The van der Waals surface area contributed by atoms with Crippen LogP contribution in [0.3, 0.4) is 0 Å². The third-order valence-electron chi connectivity index (χ3n) is 6.13. The monoisotopic (exact) mass is 517 g/mol. The fourth-order valence-corrected chi connectivity index (χ4v) is 4.35. The van der Waals surface area contributed by atoms with Gasteiger partial charge in [-0.25, -0.2) is 13.8 Å². The van der Waals surface area contributed by atoms with E-state index >= 15 is 0 Å². The number of halogens is 2. The highest BCUT2D eigenvalue weighted by molar-refractivity contribution is 5.43. The van der Waals surface area contributed by atoms with Crippen LogP contribution >= 0.6 is 0 Å². The lowest BCUT2D eigenvalue weighted by Crippen LogP contribution is -2.48. The van der Waals surface area contributed by atoms with Crippen LogP contribution in [0.4, 0.5) is 8.78 Å². The summed E-state index contributed by atoms with van der Waals surface area (Å²) < 4.78 is 51.7. The van der Waals surface area contributed by atoms with Gasteiger partial charge in [0.05, 0.1) is 26.9 Å². The van der Waals surface area contributed by atoms with Gasteiger partial charge in [0.1, 0.15) is 42.0 Å². The minimum atomic E-state index is -1.35. The molecule has 1 saturated heterocycles. The van der Waals surface area contributed by atoms with Crippen LogP contribution in [0, 0.1) is 11.6 Å². The number of aryl methyl sites for hydroxylation is 1. The zero-order valence-corrected chi connectivity index (χ0v) is 21.2. The van der Waals surface area contributed by atoms with Gasteiger partial charge in [0.2, 0.25) is 0 Å². The molecule has 10 heteroatoms. The summed E-state index contributed by atoms with van der Waals surface area (Å²) in [7, 11) is 1.60. The summed E-state index contributed by atoms with van der Waals surface area (Å²) in [5.41, 5.74) is -0.377. The average molecular weight is 518 g/mol. The maximum atomic E-state index is 13.5. The number of β-amino-alcohol motifs (C(OH)–C–C–N with tert-alkyl or cyclic N) is 1. The molecule has 1 aliphatic rings. The fraction of sp³-hybridized carbons (Fsp3) is 0.444. The maximum absolute atomic E-state index is 13.5. The van der Waals surface area contributed by atoms with E-state index < -0.39 is 17.2 Å². The van der Waals surface area contributed by atoms with Crippen LogP contribution in [-0.4, -0.2) is 71.8 Å². The SMILES string of the molecule is CCc1nccn1CCOc1cc(CN2CCOCC(O)(COc3cc(F)cc(F)c3)C2)ccc1OC. The zero-order valence-electron chi connectivity index (χ0n) is 21.2. The smallest absolute Gasteiger partial charge is 0.161 e. The number of aliphatic hydroxyl groups is 1. The number of nitrogens with zero attached hydrogens (tertiary/aromatic N) is 3. The second kappa shape index (κ2) is 12.4. The first-order chi connectivity index (χ1) is 17.9. The van der Waals surface area contributed by atoms with Crippen LogP contribution in [-0.2, 0) is 24.2 Å². The van der Waals surface area contributed by atoms with Gasteiger partial charge in [0, 0.05) is 56.6 Å². The lowest BCUT2D eigenvalue weighted by Gasteiger charge is -2.30. The predicted molar refractivity (Wildman–Crippen MR) is 133 cm³/mol. The molecule has 2 heterocycles. The Morgan fingerprint density at radius 1 is 1.11 bits per heavy atom. The molecule has 1 unspecified atom stereocenters. The predicted octanol–water partition coefficient (Wildman–Crippen LogP) is 3.45. The summed E-state index contributed by atoms with van der Waals surface area (Å²) >= 11 is 0. The number of methoxy groups -OCH3 is 1. The Balaban J connectivity index is 1.38. The molecule has 1 aliphatic heterocycles. The number of hydrogen-bond donors (Lipinski definition) is 1. The lowest BCUT2D eigenvalue weighted by atomic mass is 10.1. The molecule has 0 radical (unpaired) electrons. The van der Waals surface area contributed by atoms with Crippen molar-refractivity contribution in [3.8, 4) is 17.2 Å². The van der Waals surface area contributed by atoms with Crippen LogP contribution in [0.5, 0.6) is 17.2 Å². The third kappa shape index (κ3) is 7.41. The molecule has 0 aliphatic carbocycles. The van der Waals surface area contributed by atoms with Gasteiger partial charge in [-0.3, -0.25) is 4.90 Å². The highest BCUT2D eigenvalue weighted by Gasteiger charge is 2.33. The molecular weight excluding hydrogens is 484 g/mol. The molecule has 0 spiro atoms. The second-order valence-corrected chi connectivity index (χ2v) is 9.11. The van der Waals surface area contributed by atoms with Crippen molar-refractivity contribution in [2.45, 2.75) is 32.0 Å². The standard InChI is InChI=1S/C27H33F2N3O5/c1-3-26-30-6-7-32(26)9-11-36-25-12-20(4-5-24(25)34-2)16-31-8-10-35-18-27(33,17-31)19-37-23-14-21(28)13-22(29)15-23/h4-7,12-15,33H,3,8-11,16-19H2,1-2H3. The first kappa shape index (κ1) is 26.8. The zero-order chi connectivity index (χ0) is 26.3. The van der Waals surface area contributed by atoms with E-state index in [9.17, 15) is 13.9 Å². The summed E-state index contributed by atoms with van der Waals surface area (Å²) in [4.78, 5) is 6.38. The van der Waals surface area contributed by atoms with Crippen LogP contribution in [0.1, 0.15) is 18.3 Å². The van der Waals surface area contributed by atoms with Crippen molar-refractivity contribution < 1.29 is 32.8 Å². The summed E-state index contributed by atoms with van der Waals surface area (Å²) in [6.07, 6.45) is 4.57. The van der Waals surface area contributed by atoms with Crippen LogP contribution < -0.4 is 14.2 Å². The Labute approximate surface area is 215 Å². The van der Waals surface area contributed by atoms with E-state index in [1.165, 1.54) is 0 Å². The van der Waals surface area contributed by atoms with Crippen molar-refractivity contribution in [3.05, 3.63) is 71.8 Å². The van der Waals surface area contributed by atoms with Gasteiger partial charge < -0.3 is 28.6 Å². The highest BCUT2D eigenvalue weighted by atomic mass is 19.1. The topological polar surface area (TPSA) is 78.2 Å². The van der Waals surface area contributed by atoms with Crippen molar-refractivity contribution in [2.75, 3.05) is 46.6 Å². The van der Waals surface area contributed by atoms with E-state index in [4.69, 9.17) is 18.9 Å². The molecule has 8 nitrogen and oxygen atoms in total. The molecule has 0 amide bonds. The Morgan fingerprint density at radius 2 is 1.92 bits per heavy atom. The van der Waals surface area contributed by atoms with E-state index in [-0.39, 0.29) is 25.5 Å². The fourth-order valence-electron chi connectivity index (χ4n) is 4.35. The highest BCUT2D eigenvalue weighted by Crippen LogP contribution is 2.29. The number of hydrogen-bond acceptors (Lipinski definition) is 7. The van der Waals surface area contributed by atoms with Crippen molar-refractivity contribution in [2.24, 2.45) is 0 Å². The van der Waals surface area contributed by atoms with Crippen molar-refractivity contribution >= 4 is 0 Å². The molecule has 4 rings (SSSR count). The largest absolute Gasteiger partial charge is 0.493 e. The summed E-state index contributed by atoms with van der Waals surface area (Å²) in [5, 5.41) is 11.2. The minimum Gasteiger partial charge on any atom is -0.493 e. The quantitative estimate of drug-likeness (QED) is 0.418. The molecule has 1 atom stereocenters. The molecule has 3 aromatic rings. The number of rotatable bonds is 11. The maximum Gasteiger partial charge on any atom is 0.161 e. The average Bonchev–Trinajstić information content (AvgIpc) is 3.24. The third-order valence-corrected chi connectivity index (χ3v) is 6.13. The summed E-state index contributed by atoms with van der Waals surface area (Å²) in [6, 6.07) is 8.68. The molecular formula is C27H33F2N3O5. The first-order valence-corrected chi connectivity index (χ1v) is 12.3. The lowest BCUT2D eigenvalue weighted by molar-refractivity contribution is -0.0647. The molecule has 1 aromatic heterocycles. The Bertz CT molecular complexity index is 1150. The first-order valence-electron chi connectivity index (χ1n) is 12.3. The second-order valence-electron chi connectivity index (χ2n) is 9.11. The normalized spacial score (nSPS) is 18.4. The van der Waals surface area contributed by atoms with Gasteiger partial charge in [-0.05, 0) is 17.7 Å². The van der Waals surface area contributed by atoms with Crippen LogP contribution in [0.2, 0.25) is 0 Å². The Kier molecular flexibility index (Phi) is 8.96. The summed E-state index contributed by atoms with van der Waals surface area (Å²) in [5.74, 6) is 0.808. The number of benzene rings is 2. The number of aromatic nitrogens is 2. The molecule has 0 bridgehead atoms. The van der Waals surface area contributed by atoms with Gasteiger partial charge >= 0.3 is 0 Å². The van der Waals surface area contributed by atoms with Gasteiger partial charge in [0.25, 0.3) is 0 Å². The van der Waals surface area contributed by atoms with E-state index in [1.54, 1.807) is 13.3 Å². The van der Waals surface area contributed by atoms with Gasteiger partial charge in [-0.1, -0.05) is 13.0 Å². The van der Waals surface area contributed by atoms with Crippen molar-refractivity contribution in [3.63, 3.8) is 0 Å².